The van der Waals surface area contributed by atoms with E-state index in [0.29, 0.717) is 16.8 Å². The molecule has 4 N–H and O–H groups in total. The highest BCUT2D eigenvalue weighted by Gasteiger charge is 2.20. The van der Waals surface area contributed by atoms with Gasteiger partial charge in [0.1, 0.15) is 0 Å². The van der Waals surface area contributed by atoms with Crippen LogP contribution in [0, 0.1) is 0 Å². The largest absolute Gasteiger partial charge is 0.417 e. The van der Waals surface area contributed by atoms with Gasteiger partial charge in [0, 0.05) is 11.6 Å². The average molecular weight is 249 g/mol. The first kappa shape index (κ1) is 12.5. The van der Waals surface area contributed by atoms with Gasteiger partial charge in [-0.15, -0.1) is 0 Å². The van der Waals surface area contributed by atoms with Gasteiger partial charge in [0.25, 0.3) is 0 Å². The minimum atomic E-state index is -0.463. The maximum Gasteiger partial charge on any atom is 0.417 e. The summed E-state index contributed by atoms with van der Waals surface area (Å²) in [6.07, 6.45) is 1.98. The number of aromatic amines is 1. The van der Waals surface area contributed by atoms with Crippen molar-refractivity contribution < 1.29 is 4.42 Å². The van der Waals surface area contributed by atoms with Gasteiger partial charge in [-0.25, -0.2) is 4.79 Å². The first-order valence-corrected chi connectivity index (χ1v) is 6.18. The van der Waals surface area contributed by atoms with Crippen LogP contribution in [0.4, 0.5) is 11.4 Å². The number of rotatable bonds is 4. The molecule has 0 spiro atoms. The molecule has 1 heterocycles. The van der Waals surface area contributed by atoms with Crippen molar-refractivity contribution in [1.82, 2.24) is 4.98 Å². The second kappa shape index (κ2) is 4.40. The zero-order chi connectivity index (χ0) is 13.3. The fourth-order valence-electron chi connectivity index (χ4n) is 1.87. The molecule has 18 heavy (non-hydrogen) atoms. The third-order valence-electron chi connectivity index (χ3n) is 3.59. The Balaban J connectivity index is 2.44. The van der Waals surface area contributed by atoms with Crippen LogP contribution in [0.15, 0.2) is 21.3 Å². The highest BCUT2D eigenvalue weighted by molar-refractivity contribution is 5.85. The normalized spacial score (nSPS) is 11.9. The van der Waals surface area contributed by atoms with Crippen LogP contribution in [0.25, 0.3) is 11.1 Å². The molecule has 0 saturated heterocycles. The smallest absolute Gasteiger partial charge is 0.408 e. The van der Waals surface area contributed by atoms with Crippen LogP contribution in [0.5, 0.6) is 0 Å². The number of fused-ring (bicyclic) bond motifs is 1. The van der Waals surface area contributed by atoms with Crippen molar-refractivity contribution >= 4 is 22.5 Å². The molecule has 0 saturated carbocycles. The van der Waals surface area contributed by atoms with E-state index in [4.69, 9.17) is 10.2 Å². The van der Waals surface area contributed by atoms with E-state index >= 15 is 0 Å². The molecule has 2 aromatic rings. The maximum absolute atomic E-state index is 11.1. The van der Waals surface area contributed by atoms with Crippen LogP contribution in [0.2, 0.25) is 0 Å². The third-order valence-corrected chi connectivity index (χ3v) is 3.59. The number of hydrogen-bond donors (Lipinski definition) is 3. The lowest BCUT2D eigenvalue weighted by atomic mass is 9.95. The van der Waals surface area contributed by atoms with Crippen LogP contribution in [-0.4, -0.2) is 10.5 Å². The second-order valence-electron chi connectivity index (χ2n) is 4.84. The topological polar surface area (TPSA) is 84.0 Å². The summed E-state index contributed by atoms with van der Waals surface area (Å²) in [6, 6.07) is 3.49. The summed E-state index contributed by atoms with van der Waals surface area (Å²) in [7, 11) is 0. The summed E-state index contributed by atoms with van der Waals surface area (Å²) in [5, 5.41) is 3.44. The van der Waals surface area contributed by atoms with E-state index in [0.717, 1.165) is 18.5 Å². The second-order valence-corrected chi connectivity index (χ2v) is 4.84. The lowest BCUT2D eigenvalue weighted by molar-refractivity contribution is 0.479. The molecule has 98 valence electrons. The number of anilines is 2. The molecule has 0 amide bonds. The quantitative estimate of drug-likeness (QED) is 0.727. The molecular formula is C13H19N3O2. The Morgan fingerprint density at radius 2 is 2.06 bits per heavy atom. The van der Waals surface area contributed by atoms with Crippen molar-refractivity contribution in [3.63, 3.8) is 0 Å². The summed E-state index contributed by atoms with van der Waals surface area (Å²) in [4.78, 5) is 13.8. The highest BCUT2D eigenvalue weighted by atomic mass is 16.4. The highest BCUT2D eigenvalue weighted by Crippen LogP contribution is 2.29. The molecule has 0 unspecified atom stereocenters. The van der Waals surface area contributed by atoms with Crippen molar-refractivity contribution in [3.8, 4) is 0 Å². The van der Waals surface area contributed by atoms with Gasteiger partial charge in [0.05, 0.1) is 16.9 Å². The Bertz CT molecular complexity index is 608. The summed E-state index contributed by atoms with van der Waals surface area (Å²) in [6.45, 7) is 6.41. The van der Waals surface area contributed by atoms with Gasteiger partial charge in [-0.3, -0.25) is 4.98 Å². The molecule has 0 radical (unpaired) electrons. The van der Waals surface area contributed by atoms with Crippen LogP contribution in [-0.2, 0) is 0 Å². The molecular weight excluding hydrogens is 230 g/mol. The van der Waals surface area contributed by atoms with Gasteiger partial charge >= 0.3 is 5.76 Å². The number of nitrogen functional groups attached to an aromatic ring is 1. The summed E-state index contributed by atoms with van der Waals surface area (Å²) in [5.41, 5.74) is 8.52. The fourth-order valence-corrected chi connectivity index (χ4v) is 1.87. The number of oxazole rings is 1. The zero-order valence-corrected chi connectivity index (χ0v) is 11.0. The predicted octanol–water partition coefficient (Wildman–Crippen LogP) is 2.69. The van der Waals surface area contributed by atoms with Gasteiger partial charge in [-0.1, -0.05) is 13.8 Å². The first-order valence-electron chi connectivity index (χ1n) is 6.18. The Hall–Kier alpha value is -1.91. The minimum absolute atomic E-state index is 0.00811. The lowest BCUT2D eigenvalue weighted by Crippen LogP contribution is -2.33. The van der Waals surface area contributed by atoms with E-state index in [9.17, 15) is 4.79 Å². The van der Waals surface area contributed by atoms with Gasteiger partial charge in [-0.05, 0) is 25.8 Å². The van der Waals surface area contributed by atoms with E-state index in [1.54, 1.807) is 6.07 Å². The Kier molecular flexibility index (Phi) is 3.07. The predicted molar refractivity (Wildman–Crippen MR) is 73.9 cm³/mol. The van der Waals surface area contributed by atoms with Crippen molar-refractivity contribution in [3.05, 3.63) is 22.7 Å². The summed E-state index contributed by atoms with van der Waals surface area (Å²) < 4.78 is 4.97. The van der Waals surface area contributed by atoms with E-state index in [2.05, 4.69) is 31.1 Å². The van der Waals surface area contributed by atoms with Gasteiger partial charge in [0.2, 0.25) is 0 Å². The molecule has 0 aliphatic heterocycles. The van der Waals surface area contributed by atoms with Crippen molar-refractivity contribution in [2.24, 2.45) is 0 Å². The van der Waals surface area contributed by atoms with E-state index in [1.807, 2.05) is 6.07 Å². The monoisotopic (exact) mass is 249 g/mol. The minimum Gasteiger partial charge on any atom is -0.408 e. The van der Waals surface area contributed by atoms with Crippen LogP contribution in [0.3, 0.4) is 0 Å². The number of aromatic nitrogens is 1. The van der Waals surface area contributed by atoms with Gasteiger partial charge < -0.3 is 15.5 Å². The number of benzene rings is 1. The Morgan fingerprint density at radius 3 is 2.67 bits per heavy atom. The first-order chi connectivity index (χ1) is 8.47. The zero-order valence-electron chi connectivity index (χ0n) is 11.0. The van der Waals surface area contributed by atoms with Gasteiger partial charge in [0.15, 0.2) is 5.58 Å². The number of nitrogens with two attached hydrogens (primary N) is 1. The molecule has 5 heteroatoms. The molecule has 2 rings (SSSR count). The van der Waals surface area contributed by atoms with Crippen LogP contribution < -0.4 is 16.8 Å². The summed E-state index contributed by atoms with van der Waals surface area (Å²) >= 11 is 0. The van der Waals surface area contributed by atoms with Crippen molar-refractivity contribution in [1.29, 1.82) is 0 Å². The molecule has 5 nitrogen and oxygen atoms in total. The Morgan fingerprint density at radius 1 is 1.39 bits per heavy atom. The van der Waals surface area contributed by atoms with E-state index in [1.165, 1.54) is 0 Å². The third kappa shape index (κ3) is 2.20. The molecule has 0 aliphatic rings. The lowest BCUT2D eigenvalue weighted by Gasteiger charge is -2.30. The fraction of sp³-hybridized carbons (Fsp3) is 0.462. The number of H-pyrrole nitrogens is 1. The summed E-state index contributed by atoms with van der Waals surface area (Å²) in [5.74, 6) is -0.463. The van der Waals surface area contributed by atoms with Crippen LogP contribution in [0.1, 0.15) is 33.6 Å². The maximum atomic E-state index is 11.1. The number of hydrogen-bond acceptors (Lipinski definition) is 4. The van der Waals surface area contributed by atoms with Crippen LogP contribution >= 0.6 is 0 Å². The standard InChI is InChI=1S/C13H19N3O2/c1-4-13(3,5-2)16-9-7-10-11(6-8(9)14)18-12(17)15-10/h6-7,16H,4-5,14H2,1-3H3,(H,15,17). The molecule has 1 aromatic heterocycles. The van der Waals surface area contributed by atoms with E-state index in [-0.39, 0.29) is 5.54 Å². The van der Waals surface area contributed by atoms with E-state index < -0.39 is 5.76 Å². The van der Waals surface area contributed by atoms with Crippen molar-refractivity contribution in [2.45, 2.75) is 39.2 Å². The molecule has 0 atom stereocenters. The molecule has 0 bridgehead atoms. The average Bonchev–Trinajstić information content (AvgIpc) is 2.68. The molecule has 0 fully saturated rings. The number of nitrogens with one attached hydrogen (secondary N) is 2. The molecule has 1 aromatic carbocycles. The van der Waals surface area contributed by atoms with Gasteiger partial charge in [-0.2, -0.15) is 0 Å². The SMILES string of the molecule is CCC(C)(CC)Nc1cc2[nH]c(=O)oc2cc1N. The Labute approximate surface area is 105 Å². The molecule has 0 aliphatic carbocycles. The van der Waals surface area contributed by atoms with Crippen molar-refractivity contribution in [2.75, 3.05) is 11.1 Å².